The molecule has 4 heterocycles. The number of hydrogen-bond acceptors (Lipinski definition) is 8. The average Bonchev–Trinajstić information content (AvgIpc) is 0.846. The SMILES string of the molecule is Cc1cc(N(c2ccccc2)c2ccc3sc4ccccc4c3c2)c2ccc3c(C)cc(N(c4ccccc4)c4ccc5sc6ccccc6c5c4)c4ccc1c2c34.Cc1ccc2ccc3c(C)cc(N(c4ccccc4)c4ccc5sc6ccccc6c5c4)c4ccc1c2c34.c1ccc(N(c2ccc3sc4ccccc4c3c2)c2ccc3ccc4cccc5ccc2c3c45)cc1. The van der Waals surface area contributed by atoms with Gasteiger partial charge in [0.1, 0.15) is 0 Å². The van der Waals surface area contributed by atoms with Gasteiger partial charge >= 0.3 is 0 Å². The van der Waals surface area contributed by atoms with Gasteiger partial charge in [0.05, 0.1) is 22.7 Å². The van der Waals surface area contributed by atoms with Gasteiger partial charge in [0.2, 0.25) is 0 Å². The van der Waals surface area contributed by atoms with Crippen LogP contribution in [0.15, 0.2) is 425 Å². The molecule has 0 aliphatic rings. The van der Waals surface area contributed by atoms with E-state index < -0.39 is 0 Å². The van der Waals surface area contributed by atoms with Crippen molar-refractivity contribution in [2.75, 3.05) is 19.6 Å². The molecule has 132 heavy (non-hydrogen) atoms. The number of rotatable bonds is 12. The lowest BCUT2D eigenvalue weighted by atomic mass is 9.88. The molecule has 0 saturated heterocycles. The molecule has 0 aliphatic carbocycles. The second-order valence-electron chi connectivity index (χ2n) is 35.1. The van der Waals surface area contributed by atoms with Gasteiger partial charge in [-0.25, -0.2) is 0 Å². The summed E-state index contributed by atoms with van der Waals surface area (Å²) in [6, 6.07) is 157. The largest absolute Gasteiger partial charge is 0.310 e. The fraction of sp³-hybridized carbons (Fsp3) is 0.0323. The van der Waals surface area contributed by atoms with E-state index >= 15 is 0 Å². The summed E-state index contributed by atoms with van der Waals surface area (Å²) >= 11 is 7.46. The Hall–Kier alpha value is -15.5. The Morgan fingerprint density at radius 2 is 0.379 bits per heavy atom. The molecule has 0 fully saturated rings. The Kier molecular flexibility index (Phi) is 18.3. The van der Waals surface area contributed by atoms with Gasteiger partial charge in [-0.1, -0.05) is 255 Å². The van der Waals surface area contributed by atoms with Crippen molar-refractivity contribution >= 4 is 291 Å². The monoisotopic (exact) mass is 1750 g/mol. The number of hydrogen-bond donors (Lipinski definition) is 0. The van der Waals surface area contributed by atoms with Gasteiger partial charge < -0.3 is 19.6 Å². The van der Waals surface area contributed by atoms with Gasteiger partial charge in [-0.15, -0.1) is 45.3 Å². The minimum Gasteiger partial charge on any atom is -0.310 e. The zero-order chi connectivity index (χ0) is 87.5. The minimum atomic E-state index is 1.14. The highest BCUT2D eigenvalue weighted by molar-refractivity contribution is 7.27. The van der Waals surface area contributed by atoms with E-state index in [1.54, 1.807) is 0 Å². The molecule has 0 amide bonds. The zero-order valence-corrected chi connectivity index (χ0v) is 76.1. The first-order chi connectivity index (χ1) is 65.1. The molecule has 0 N–H and O–H groups in total. The van der Waals surface area contributed by atoms with Gasteiger partial charge in [-0.05, 0) is 295 Å². The van der Waals surface area contributed by atoms with E-state index in [2.05, 4.69) is 472 Å². The molecule has 24 aromatic carbocycles. The molecule has 0 unspecified atom stereocenters. The van der Waals surface area contributed by atoms with Crippen molar-refractivity contribution in [2.45, 2.75) is 27.7 Å². The topological polar surface area (TPSA) is 13.0 Å². The van der Waals surface area contributed by atoms with E-state index in [9.17, 15) is 0 Å². The maximum atomic E-state index is 2.47. The Bertz CT molecular complexity index is 9190. The second kappa shape index (κ2) is 31.1. The van der Waals surface area contributed by atoms with Crippen LogP contribution in [0.3, 0.4) is 0 Å². The summed E-state index contributed by atoms with van der Waals surface area (Å²) in [6.07, 6.45) is 0. The average molecular weight is 1760 g/mol. The first kappa shape index (κ1) is 77.6. The Labute approximate surface area is 779 Å². The van der Waals surface area contributed by atoms with Crippen molar-refractivity contribution in [1.29, 1.82) is 0 Å². The standard InChI is InChI=1S/C54H36N2S2.C36H25NS.C34H21NS/c1-33-29-47(55(35-13-5-3-6-14-35)37-21-27-51-45(31-37)41-17-9-11-19-49(41)57-51)43-26-24-40-34(2)30-48(44-25-23-39(33)53(43)54(40)44)56(36-15-7-4-8-16-36)38-22-28-52-46(32-38)42-18-10-12-20-50(42)58-52;1-22-12-13-24-14-16-28-23(2)20-32(30-18-17-27(22)35(24)36(28)30)37(25-8-4-3-5-9-25)26-15-19-34-31(21-26)29-10-6-7-11-33(29)38-34;1-2-9-25(10-3-1)35(26-17-20-32-29(21-26)27-11-4-5-12-31(27)36-32)30-19-16-24-14-13-22-7-6-8-23-15-18-28(30)34(24)33(22)23/h3-32H,1-2H3;3-21H,1-2H3;1-21H. The van der Waals surface area contributed by atoms with Gasteiger partial charge in [0.25, 0.3) is 0 Å². The molecular weight excluding hydrogens is 1670 g/mol. The summed E-state index contributed by atoms with van der Waals surface area (Å²) in [5, 5.41) is 34.0. The lowest BCUT2D eigenvalue weighted by molar-refractivity contribution is 1.29. The van der Waals surface area contributed by atoms with Crippen LogP contribution in [0.4, 0.5) is 68.2 Å². The summed E-state index contributed by atoms with van der Waals surface area (Å²) in [6.45, 7) is 9.02. The molecule has 0 saturated carbocycles. The fourth-order valence-corrected chi connectivity index (χ4v) is 25.7. The lowest BCUT2D eigenvalue weighted by Gasteiger charge is -2.30. The Balaban J connectivity index is 0.000000108. The van der Waals surface area contributed by atoms with Gasteiger partial charge in [0.15, 0.2) is 0 Å². The molecule has 4 nitrogen and oxygen atoms in total. The molecular formula is C124H82N4S4. The zero-order valence-electron chi connectivity index (χ0n) is 72.8. The van der Waals surface area contributed by atoms with Gasteiger partial charge in [-0.3, -0.25) is 0 Å². The maximum absolute atomic E-state index is 2.47. The number of benzene rings is 24. The molecule has 0 bridgehead atoms. The van der Waals surface area contributed by atoms with Gasteiger partial charge in [0, 0.05) is 148 Å². The molecule has 28 aromatic rings. The highest BCUT2D eigenvalue weighted by Gasteiger charge is 2.28. The van der Waals surface area contributed by atoms with Crippen LogP contribution in [0.1, 0.15) is 22.3 Å². The van der Waals surface area contributed by atoms with Crippen LogP contribution >= 0.6 is 45.3 Å². The Morgan fingerprint density at radius 1 is 0.136 bits per heavy atom. The fourth-order valence-electron chi connectivity index (χ4n) is 21.4. The van der Waals surface area contributed by atoms with Crippen LogP contribution < -0.4 is 19.6 Å². The van der Waals surface area contributed by atoms with Crippen molar-refractivity contribution < 1.29 is 0 Å². The predicted octanol–water partition coefficient (Wildman–Crippen LogP) is 38.3. The van der Waals surface area contributed by atoms with Crippen molar-refractivity contribution in [1.82, 2.24) is 0 Å². The van der Waals surface area contributed by atoms with E-state index in [0.717, 1.165) is 34.1 Å². The number of aryl methyl sites for hydroxylation is 4. The highest BCUT2D eigenvalue weighted by Crippen LogP contribution is 2.54. The van der Waals surface area contributed by atoms with Crippen LogP contribution in [0, 0.1) is 27.7 Å². The van der Waals surface area contributed by atoms with E-state index in [1.165, 1.54) is 234 Å². The van der Waals surface area contributed by atoms with E-state index in [0.29, 0.717) is 0 Å². The van der Waals surface area contributed by atoms with Crippen molar-refractivity contribution in [2.24, 2.45) is 0 Å². The molecule has 0 spiro atoms. The van der Waals surface area contributed by atoms with Crippen molar-refractivity contribution in [3.63, 3.8) is 0 Å². The quantitative estimate of drug-likeness (QED) is 0.113. The third kappa shape index (κ3) is 12.6. The molecule has 622 valence electrons. The number of thiophene rings is 4. The summed E-state index contributed by atoms with van der Waals surface area (Å²) in [5.74, 6) is 0. The highest BCUT2D eigenvalue weighted by atomic mass is 32.1. The first-order valence-corrected chi connectivity index (χ1v) is 48.5. The summed E-state index contributed by atoms with van der Waals surface area (Å²) in [4.78, 5) is 9.79. The third-order valence-corrected chi connectivity index (χ3v) is 32.1. The minimum absolute atomic E-state index is 1.14. The molecule has 8 heteroatoms. The van der Waals surface area contributed by atoms with Gasteiger partial charge in [-0.2, -0.15) is 0 Å². The summed E-state index contributed by atoms with van der Waals surface area (Å²) in [5.41, 5.74) is 19.2. The number of fused-ring (bicyclic) bond motifs is 12. The van der Waals surface area contributed by atoms with Crippen LogP contribution in [-0.2, 0) is 0 Å². The number of nitrogens with zero attached hydrogens (tertiary/aromatic N) is 4. The summed E-state index contributed by atoms with van der Waals surface area (Å²) < 4.78 is 10.6. The molecule has 0 atom stereocenters. The molecule has 0 radical (unpaired) electrons. The molecule has 28 rings (SSSR count). The van der Waals surface area contributed by atoms with Crippen molar-refractivity contribution in [3.8, 4) is 0 Å². The first-order valence-electron chi connectivity index (χ1n) is 45.2. The van der Waals surface area contributed by atoms with Crippen LogP contribution in [0.2, 0.25) is 0 Å². The lowest BCUT2D eigenvalue weighted by Crippen LogP contribution is -2.12. The third-order valence-electron chi connectivity index (χ3n) is 27.5. The number of anilines is 12. The van der Waals surface area contributed by atoms with Crippen molar-refractivity contribution in [3.05, 3.63) is 447 Å². The summed E-state index contributed by atoms with van der Waals surface area (Å²) in [7, 11) is 0. The van der Waals surface area contributed by atoms with E-state index in [-0.39, 0.29) is 0 Å². The Morgan fingerprint density at radius 3 is 0.735 bits per heavy atom. The normalized spacial score (nSPS) is 11.9. The van der Waals surface area contributed by atoms with Crippen LogP contribution in [0.25, 0.3) is 178 Å². The smallest absolute Gasteiger partial charge is 0.0543 e. The van der Waals surface area contributed by atoms with E-state index in [4.69, 9.17) is 0 Å². The molecule has 0 aliphatic heterocycles. The van der Waals surface area contributed by atoms with E-state index in [1.807, 2.05) is 45.3 Å². The predicted molar refractivity (Wildman–Crippen MR) is 580 cm³/mol. The van der Waals surface area contributed by atoms with Crippen LogP contribution in [-0.4, -0.2) is 0 Å². The maximum Gasteiger partial charge on any atom is 0.0543 e. The molecule has 4 aromatic heterocycles. The van der Waals surface area contributed by atoms with Crippen LogP contribution in [0.5, 0.6) is 0 Å². The second-order valence-corrected chi connectivity index (χ2v) is 39.4. The number of para-hydroxylation sites is 4.